The van der Waals surface area contributed by atoms with Crippen molar-refractivity contribution in [1.82, 2.24) is 4.72 Å². The maximum Gasteiger partial charge on any atom is 0.237 e. The number of hydrogen-bond donors (Lipinski definition) is 1. The van der Waals surface area contributed by atoms with E-state index in [1.165, 1.54) is 0 Å². The van der Waals surface area contributed by atoms with Crippen molar-refractivity contribution in [1.29, 1.82) is 0 Å². The molecule has 2 aliphatic rings. The monoisotopic (exact) mass is 215 g/mol. The summed E-state index contributed by atoms with van der Waals surface area (Å²) in [7, 11) is -3.36. The number of rotatable bonds is 4. The molecule has 0 aromatic rings. The van der Waals surface area contributed by atoms with Crippen molar-refractivity contribution in [3.05, 3.63) is 12.7 Å². The molecule has 0 heterocycles. The maximum atomic E-state index is 11.4. The van der Waals surface area contributed by atoms with Crippen LogP contribution in [0, 0.1) is 11.8 Å². The summed E-state index contributed by atoms with van der Waals surface area (Å²) in [5.41, 5.74) is 0. The average molecular weight is 215 g/mol. The van der Waals surface area contributed by atoms with E-state index in [9.17, 15) is 13.2 Å². The maximum absolute atomic E-state index is 11.4. The Morgan fingerprint density at radius 1 is 1.43 bits per heavy atom. The Bertz CT molecular complexity index is 370. The summed E-state index contributed by atoms with van der Waals surface area (Å²) in [6.45, 7) is 3.57. The highest BCUT2D eigenvalue weighted by atomic mass is 32.2. The fraction of sp³-hybridized carbons (Fsp3) is 0.667. The molecule has 0 saturated heterocycles. The molecule has 1 N–H and O–H groups in total. The van der Waals surface area contributed by atoms with E-state index in [0.29, 0.717) is 12.8 Å². The lowest BCUT2D eigenvalue weighted by atomic mass is 10.3. The predicted octanol–water partition coefficient (Wildman–Crippen LogP) is 0.417. The van der Waals surface area contributed by atoms with Gasteiger partial charge < -0.3 is 0 Å². The van der Waals surface area contributed by atoms with Gasteiger partial charge in [-0.2, -0.15) is 0 Å². The smallest absolute Gasteiger partial charge is 0.237 e. The van der Waals surface area contributed by atoms with Crippen molar-refractivity contribution in [2.45, 2.75) is 24.5 Å². The van der Waals surface area contributed by atoms with Crippen LogP contribution in [0.4, 0.5) is 0 Å². The number of carbonyl (C=O) groups excluding carboxylic acids is 1. The Morgan fingerprint density at radius 3 is 2.50 bits per heavy atom. The van der Waals surface area contributed by atoms with Gasteiger partial charge in [0.1, 0.15) is 0 Å². The molecule has 1 amide bonds. The number of nitrogens with one attached hydrogen (secondary N) is 1. The van der Waals surface area contributed by atoms with Gasteiger partial charge in [-0.1, -0.05) is 6.08 Å². The minimum atomic E-state index is -3.36. The Hall–Kier alpha value is -0.840. The fourth-order valence-corrected chi connectivity index (χ4v) is 2.81. The Kier molecular flexibility index (Phi) is 2.14. The third-order valence-corrected chi connectivity index (χ3v) is 4.52. The van der Waals surface area contributed by atoms with E-state index in [2.05, 4.69) is 11.3 Å². The van der Waals surface area contributed by atoms with Crippen LogP contribution in [-0.2, 0) is 14.8 Å². The minimum absolute atomic E-state index is 0.166. The van der Waals surface area contributed by atoms with Crippen LogP contribution in [0.5, 0.6) is 0 Å². The van der Waals surface area contributed by atoms with Gasteiger partial charge in [0.2, 0.25) is 15.9 Å². The van der Waals surface area contributed by atoms with Gasteiger partial charge in [0, 0.05) is 5.92 Å². The van der Waals surface area contributed by atoms with E-state index >= 15 is 0 Å². The van der Waals surface area contributed by atoms with Gasteiger partial charge in [-0.15, -0.1) is 6.58 Å². The molecule has 14 heavy (non-hydrogen) atoms. The second kappa shape index (κ2) is 3.08. The Labute approximate surface area is 83.4 Å². The van der Waals surface area contributed by atoms with Gasteiger partial charge in [-0.25, -0.2) is 8.42 Å². The third-order valence-electron chi connectivity index (χ3n) is 2.69. The molecule has 0 aromatic heterocycles. The highest BCUT2D eigenvalue weighted by Crippen LogP contribution is 2.39. The zero-order valence-electron chi connectivity index (χ0n) is 7.77. The molecule has 0 bridgehead atoms. The van der Waals surface area contributed by atoms with E-state index in [-0.39, 0.29) is 23.0 Å². The summed E-state index contributed by atoms with van der Waals surface area (Å²) in [5.74, 6) is -0.354. The standard InChI is InChI=1S/C9H13NO3S/c1-2-6-5-8(6)9(11)10-14(12,13)7-3-4-7/h2,6-8H,1,3-5H2,(H,10,11)/t6?,8-/m0/s1. The second-order valence-corrected chi connectivity index (χ2v) is 5.91. The van der Waals surface area contributed by atoms with Crippen LogP contribution in [-0.4, -0.2) is 19.6 Å². The van der Waals surface area contributed by atoms with E-state index < -0.39 is 10.0 Å². The molecule has 2 atom stereocenters. The van der Waals surface area contributed by atoms with Crippen LogP contribution in [0.2, 0.25) is 0 Å². The topological polar surface area (TPSA) is 63.2 Å². The number of amides is 1. The van der Waals surface area contributed by atoms with Crippen LogP contribution in [0.25, 0.3) is 0 Å². The highest BCUT2D eigenvalue weighted by Gasteiger charge is 2.44. The molecule has 2 rings (SSSR count). The van der Waals surface area contributed by atoms with Crippen LogP contribution >= 0.6 is 0 Å². The molecule has 2 saturated carbocycles. The van der Waals surface area contributed by atoms with E-state index in [1.807, 2.05) is 0 Å². The summed E-state index contributed by atoms with van der Waals surface area (Å²) in [6.07, 6.45) is 3.79. The quantitative estimate of drug-likeness (QED) is 0.691. The van der Waals surface area contributed by atoms with Crippen LogP contribution in [0.15, 0.2) is 12.7 Å². The summed E-state index contributed by atoms with van der Waals surface area (Å²) in [5, 5.41) is -0.326. The van der Waals surface area contributed by atoms with E-state index in [4.69, 9.17) is 0 Å². The number of allylic oxidation sites excluding steroid dienone is 1. The van der Waals surface area contributed by atoms with Gasteiger partial charge in [-0.05, 0) is 25.2 Å². The third kappa shape index (κ3) is 1.82. The zero-order valence-corrected chi connectivity index (χ0v) is 8.59. The summed E-state index contributed by atoms with van der Waals surface area (Å²) in [6, 6.07) is 0. The Morgan fingerprint density at radius 2 is 2.07 bits per heavy atom. The first-order chi connectivity index (χ1) is 6.54. The zero-order chi connectivity index (χ0) is 10.3. The molecule has 5 heteroatoms. The van der Waals surface area contributed by atoms with Gasteiger partial charge in [-0.3, -0.25) is 9.52 Å². The number of sulfonamides is 1. The molecular formula is C9H13NO3S. The Balaban J connectivity index is 1.92. The molecule has 1 unspecified atom stereocenters. The fourth-order valence-electron chi connectivity index (χ4n) is 1.45. The molecule has 0 aromatic carbocycles. The summed E-state index contributed by atoms with van der Waals surface area (Å²) in [4.78, 5) is 11.4. The molecule has 4 nitrogen and oxygen atoms in total. The van der Waals surface area contributed by atoms with Gasteiger partial charge in [0.05, 0.1) is 5.25 Å². The molecule has 78 valence electrons. The molecular weight excluding hydrogens is 202 g/mol. The molecule has 0 radical (unpaired) electrons. The molecule has 0 aliphatic heterocycles. The first-order valence-corrected chi connectivity index (χ1v) is 6.27. The second-order valence-electron chi connectivity index (χ2n) is 3.95. The van der Waals surface area contributed by atoms with Crippen LogP contribution in [0.1, 0.15) is 19.3 Å². The van der Waals surface area contributed by atoms with Crippen molar-refractivity contribution in [3.8, 4) is 0 Å². The first kappa shape index (κ1) is 9.71. The molecule has 2 fully saturated rings. The molecule has 2 aliphatic carbocycles. The van der Waals surface area contributed by atoms with Gasteiger partial charge in [0.15, 0.2) is 0 Å². The summed E-state index contributed by atoms with van der Waals surface area (Å²) < 4.78 is 24.9. The van der Waals surface area contributed by atoms with Crippen molar-refractivity contribution in [3.63, 3.8) is 0 Å². The van der Waals surface area contributed by atoms with Crippen molar-refractivity contribution in [2.24, 2.45) is 11.8 Å². The lowest BCUT2D eigenvalue weighted by molar-refractivity contribution is -0.120. The SMILES string of the molecule is C=CC1C[C@@H]1C(=O)NS(=O)(=O)C1CC1. The van der Waals surface area contributed by atoms with Crippen LogP contribution < -0.4 is 4.72 Å². The first-order valence-electron chi connectivity index (χ1n) is 4.72. The predicted molar refractivity (Wildman–Crippen MR) is 51.9 cm³/mol. The summed E-state index contributed by atoms with van der Waals surface area (Å²) >= 11 is 0. The lowest BCUT2D eigenvalue weighted by Gasteiger charge is -2.03. The van der Waals surface area contributed by atoms with E-state index in [1.54, 1.807) is 6.08 Å². The lowest BCUT2D eigenvalue weighted by Crippen LogP contribution is -2.34. The van der Waals surface area contributed by atoms with Crippen molar-refractivity contribution < 1.29 is 13.2 Å². The largest absolute Gasteiger partial charge is 0.274 e. The van der Waals surface area contributed by atoms with E-state index in [0.717, 1.165) is 6.42 Å². The van der Waals surface area contributed by atoms with Gasteiger partial charge in [0.25, 0.3) is 0 Å². The number of hydrogen-bond acceptors (Lipinski definition) is 3. The van der Waals surface area contributed by atoms with Crippen molar-refractivity contribution >= 4 is 15.9 Å². The van der Waals surface area contributed by atoms with Crippen LogP contribution in [0.3, 0.4) is 0 Å². The normalized spacial score (nSPS) is 30.9. The molecule has 0 spiro atoms. The highest BCUT2D eigenvalue weighted by molar-refractivity contribution is 7.90. The van der Waals surface area contributed by atoms with Crippen molar-refractivity contribution in [2.75, 3.05) is 0 Å². The number of carbonyl (C=O) groups is 1. The minimum Gasteiger partial charge on any atom is -0.274 e. The average Bonchev–Trinajstić information content (AvgIpc) is 2.98. The van der Waals surface area contributed by atoms with Gasteiger partial charge >= 0.3 is 0 Å².